The smallest absolute Gasteiger partial charge is 0.493 e. The largest absolute Gasteiger partial charge is 0.515 e. The minimum atomic E-state index is -0.765. The molecule has 0 bridgehead atoms. The number of carbonyl (C=O) groups excluding carboxylic acids is 1. The van der Waals surface area contributed by atoms with Crippen LogP contribution in [-0.2, 0) is 4.74 Å². The number of fused-ring (bicyclic) bond motifs is 1. The molecule has 0 radical (unpaired) electrons. The van der Waals surface area contributed by atoms with Gasteiger partial charge in [-0.3, -0.25) is 0 Å². The fourth-order valence-corrected chi connectivity index (χ4v) is 2.27. The van der Waals surface area contributed by atoms with Crippen molar-refractivity contribution in [1.29, 1.82) is 0 Å². The third-order valence-electron chi connectivity index (χ3n) is 2.66. The summed E-state index contributed by atoms with van der Waals surface area (Å²) in [6.45, 7) is 1.95. The van der Waals surface area contributed by atoms with Gasteiger partial charge >= 0.3 is 6.16 Å². The van der Waals surface area contributed by atoms with Gasteiger partial charge in [0.25, 0.3) is 0 Å². The van der Waals surface area contributed by atoms with Gasteiger partial charge in [-0.1, -0.05) is 0 Å². The van der Waals surface area contributed by atoms with Gasteiger partial charge in [0.2, 0.25) is 5.88 Å². The minimum absolute atomic E-state index is 0.248. The fraction of sp³-hybridized carbons (Fsp3) is 0.308. The zero-order chi connectivity index (χ0) is 14.7. The Bertz CT molecular complexity index is 637. The molecule has 0 aliphatic rings. The Hall–Kier alpha value is -1.89. The van der Waals surface area contributed by atoms with Crippen molar-refractivity contribution in [2.75, 3.05) is 20.8 Å². The van der Waals surface area contributed by atoms with E-state index in [1.165, 1.54) is 0 Å². The highest BCUT2D eigenvalue weighted by atomic mass is 79.9. The third-order valence-corrected chi connectivity index (χ3v) is 3.44. The molecule has 0 aliphatic carbocycles. The first kappa shape index (κ1) is 14.5. The maximum absolute atomic E-state index is 11.4. The Kier molecular flexibility index (Phi) is 4.39. The van der Waals surface area contributed by atoms with Crippen LogP contribution in [0.5, 0.6) is 17.4 Å². The average molecular weight is 344 g/mol. The minimum Gasteiger partial charge on any atom is -0.493 e. The van der Waals surface area contributed by atoms with E-state index in [0.717, 1.165) is 10.9 Å². The van der Waals surface area contributed by atoms with Gasteiger partial charge in [0.05, 0.1) is 30.8 Å². The van der Waals surface area contributed by atoms with Crippen LogP contribution in [0, 0.1) is 0 Å². The van der Waals surface area contributed by atoms with Crippen LogP contribution in [0.25, 0.3) is 10.9 Å². The van der Waals surface area contributed by atoms with Crippen LogP contribution < -0.4 is 14.2 Å². The van der Waals surface area contributed by atoms with Gasteiger partial charge in [0.1, 0.15) is 0 Å². The average Bonchev–Trinajstić information content (AvgIpc) is 2.73. The molecule has 0 amide bonds. The molecule has 0 saturated heterocycles. The molecule has 0 atom stereocenters. The number of methoxy groups -OCH3 is 2. The second-order valence-electron chi connectivity index (χ2n) is 3.81. The first-order chi connectivity index (χ1) is 9.60. The topological polar surface area (TPSA) is 69.8 Å². The second-order valence-corrected chi connectivity index (χ2v) is 4.60. The lowest BCUT2D eigenvalue weighted by Crippen LogP contribution is -2.10. The van der Waals surface area contributed by atoms with Crippen molar-refractivity contribution in [1.82, 2.24) is 4.98 Å². The quantitative estimate of drug-likeness (QED) is 0.860. The van der Waals surface area contributed by atoms with Crippen molar-refractivity contribution in [2.24, 2.45) is 0 Å². The molecule has 1 aromatic heterocycles. The van der Waals surface area contributed by atoms with Crippen molar-refractivity contribution in [3.8, 4) is 17.4 Å². The summed E-state index contributed by atoms with van der Waals surface area (Å²) >= 11 is 3.38. The Labute approximate surface area is 124 Å². The van der Waals surface area contributed by atoms with Crippen LogP contribution in [0.15, 0.2) is 16.6 Å². The van der Waals surface area contributed by atoms with Crippen molar-refractivity contribution < 1.29 is 23.7 Å². The summed E-state index contributed by atoms with van der Waals surface area (Å²) < 4.78 is 20.9. The molecule has 0 unspecified atom stereocenters. The molecule has 1 N–H and O–H groups in total. The molecule has 2 rings (SSSR count). The fourth-order valence-electron chi connectivity index (χ4n) is 1.76. The normalized spacial score (nSPS) is 10.4. The SMILES string of the molecule is CCOC(=O)Oc1[nH]c2cc(OC)c(OC)cc2c1Br. The summed E-state index contributed by atoms with van der Waals surface area (Å²) in [6, 6.07) is 3.55. The van der Waals surface area contributed by atoms with Crippen LogP contribution >= 0.6 is 15.9 Å². The Morgan fingerprint density at radius 3 is 2.50 bits per heavy atom. The number of hydrogen-bond donors (Lipinski definition) is 1. The molecule has 7 heteroatoms. The van der Waals surface area contributed by atoms with Crippen LogP contribution in [0.2, 0.25) is 0 Å². The highest BCUT2D eigenvalue weighted by molar-refractivity contribution is 9.10. The van der Waals surface area contributed by atoms with Crippen LogP contribution in [0.4, 0.5) is 4.79 Å². The number of aromatic nitrogens is 1. The number of nitrogens with one attached hydrogen (secondary N) is 1. The number of rotatable bonds is 4. The molecular weight excluding hydrogens is 330 g/mol. The maximum atomic E-state index is 11.4. The van der Waals surface area contributed by atoms with E-state index in [0.29, 0.717) is 16.0 Å². The first-order valence-corrected chi connectivity index (χ1v) is 6.67. The number of benzene rings is 1. The second kappa shape index (κ2) is 6.04. The Morgan fingerprint density at radius 1 is 1.25 bits per heavy atom. The van der Waals surface area contributed by atoms with Gasteiger partial charge in [0, 0.05) is 11.5 Å². The van der Waals surface area contributed by atoms with Gasteiger partial charge < -0.3 is 23.9 Å². The predicted octanol–water partition coefficient (Wildman–Crippen LogP) is 3.48. The molecule has 0 aliphatic heterocycles. The summed E-state index contributed by atoms with van der Waals surface area (Å²) in [6.07, 6.45) is -0.765. The Morgan fingerprint density at radius 2 is 1.90 bits per heavy atom. The van der Waals surface area contributed by atoms with Gasteiger partial charge in [0.15, 0.2) is 11.5 Å². The third kappa shape index (κ3) is 2.67. The van der Waals surface area contributed by atoms with E-state index in [1.54, 1.807) is 33.3 Å². The molecule has 0 fully saturated rings. The van der Waals surface area contributed by atoms with E-state index in [4.69, 9.17) is 18.9 Å². The molecule has 20 heavy (non-hydrogen) atoms. The molecule has 1 aromatic carbocycles. The van der Waals surface area contributed by atoms with E-state index in [1.807, 2.05) is 0 Å². The monoisotopic (exact) mass is 343 g/mol. The number of carbonyl (C=O) groups is 1. The van der Waals surface area contributed by atoms with Gasteiger partial charge in [-0.2, -0.15) is 0 Å². The number of H-pyrrole nitrogens is 1. The summed E-state index contributed by atoms with van der Waals surface area (Å²) in [5, 5.41) is 0.807. The molecule has 0 saturated carbocycles. The predicted molar refractivity (Wildman–Crippen MR) is 76.8 cm³/mol. The van der Waals surface area contributed by atoms with Gasteiger partial charge in [-0.15, -0.1) is 0 Å². The number of hydrogen-bond acceptors (Lipinski definition) is 5. The lowest BCUT2D eigenvalue weighted by Gasteiger charge is -2.06. The Balaban J connectivity index is 2.44. The lowest BCUT2D eigenvalue weighted by molar-refractivity contribution is 0.103. The summed E-state index contributed by atoms with van der Waals surface area (Å²) in [5.74, 6) is 1.44. The molecular formula is C13H14BrNO5. The molecule has 108 valence electrons. The van der Waals surface area contributed by atoms with E-state index < -0.39 is 6.16 Å². The van der Waals surface area contributed by atoms with Crippen molar-refractivity contribution >= 4 is 33.0 Å². The van der Waals surface area contributed by atoms with E-state index in [9.17, 15) is 4.79 Å². The molecule has 0 spiro atoms. The summed E-state index contributed by atoms with van der Waals surface area (Å²) in [4.78, 5) is 14.3. The van der Waals surface area contributed by atoms with Crippen LogP contribution in [0.3, 0.4) is 0 Å². The molecule has 6 nitrogen and oxygen atoms in total. The molecule has 2 aromatic rings. The lowest BCUT2D eigenvalue weighted by atomic mass is 10.2. The number of halogens is 1. The van der Waals surface area contributed by atoms with E-state index >= 15 is 0 Å². The summed E-state index contributed by atoms with van der Waals surface area (Å²) in [7, 11) is 3.11. The first-order valence-electron chi connectivity index (χ1n) is 5.88. The zero-order valence-electron chi connectivity index (χ0n) is 11.3. The van der Waals surface area contributed by atoms with Crippen molar-refractivity contribution in [2.45, 2.75) is 6.92 Å². The maximum Gasteiger partial charge on any atom is 0.515 e. The van der Waals surface area contributed by atoms with E-state index in [-0.39, 0.29) is 12.5 Å². The highest BCUT2D eigenvalue weighted by Gasteiger charge is 2.17. The van der Waals surface area contributed by atoms with Crippen LogP contribution in [0.1, 0.15) is 6.92 Å². The van der Waals surface area contributed by atoms with E-state index in [2.05, 4.69) is 20.9 Å². The number of aromatic amines is 1. The highest BCUT2D eigenvalue weighted by Crippen LogP contribution is 2.39. The molecule has 1 heterocycles. The van der Waals surface area contributed by atoms with Gasteiger partial charge in [-0.25, -0.2) is 4.79 Å². The zero-order valence-corrected chi connectivity index (χ0v) is 12.9. The van der Waals surface area contributed by atoms with Crippen molar-refractivity contribution in [3.05, 3.63) is 16.6 Å². The van der Waals surface area contributed by atoms with Crippen molar-refractivity contribution in [3.63, 3.8) is 0 Å². The number of ether oxygens (including phenoxy) is 4. The van der Waals surface area contributed by atoms with Gasteiger partial charge in [-0.05, 0) is 28.9 Å². The standard InChI is InChI=1S/C13H14BrNO5/c1-4-19-13(16)20-12-11(14)7-5-9(17-2)10(18-3)6-8(7)15-12/h5-6,15H,4H2,1-3H3. The van der Waals surface area contributed by atoms with Crippen LogP contribution in [-0.4, -0.2) is 32.0 Å². The summed E-state index contributed by atoms with van der Waals surface area (Å²) in [5.41, 5.74) is 0.744.